The summed E-state index contributed by atoms with van der Waals surface area (Å²) in [5, 5.41) is 30.2. The molecule has 0 aromatic heterocycles. The van der Waals surface area contributed by atoms with Gasteiger partial charge >= 0.3 is 5.97 Å². The molecular weight excluding hydrogens is 354 g/mol. The minimum atomic E-state index is -1.03. The molecule has 4 atom stereocenters. The largest absolute Gasteiger partial charge is 0.508 e. The summed E-state index contributed by atoms with van der Waals surface area (Å²) in [6.07, 6.45) is -0.167. The van der Waals surface area contributed by atoms with E-state index in [1.54, 1.807) is 30.3 Å². The van der Waals surface area contributed by atoms with E-state index in [1.165, 1.54) is 0 Å². The van der Waals surface area contributed by atoms with Gasteiger partial charge in [-0.3, -0.25) is 4.79 Å². The van der Waals surface area contributed by atoms with Crippen LogP contribution in [0.15, 0.2) is 54.6 Å². The van der Waals surface area contributed by atoms with Gasteiger partial charge in [0.25, 0.3) is 0 Å². The molecule has 5 nitrogen and oxygen atoms in total. The second kappa shape index (κ2) is 8.33. The molecule has 150 valence electrons. The van der Waals surface area contributed by atoms with E-state index in [-0.39, 0.29) is 17.1 Å². The summed E-state index contributed by atoms with van der Waals surface area (Å²) in [6, 6.07) is 16.4. The van der Waals surface area contributed by atoms with Crippen molar-refractivity contribution in [1.29, 1.82) is 0 Å². The number of carboxylic acids is 1. The Hall–Kier alpha value is -2.37. The Balaban J connectivity index is 1.71. The zero-order valence-corrected chi connectivity index (χ0v) is 16.5. The molecule has 3 rings (SSSR count). The van der Waals surface area contributed by atoms with Gasteiger partial charge in [-0.15, -0.1) is 0 Å². The van der Waals surface area contributed by atoms with Gasteiger partial charge in [0.1, 0.15) is 5.75 Å². The number of carbonyl (C=O) groups is 1. The molecule has 0 saturated carbocycles. The lowest BCUT2D eigenvalue weighted by molar-refractivity contribution is -0.147. The van der Waals surface area contributed by atoms with Gasteiger partial charge < -0.3 is 20.2 Å². The third kappa shape index (κ3) is 4.21. The molecule has 0 radical (unpaired) electrons. The normalized spacial score (nSPS) is 25.2. The maximum Gasteiger partial charge on any atom is 0.310 e. The van der Waals surface area contributed by atoms with E-state index >= 15 is 0 Å². The molecule has 1 fully saturated rings. The molecule has 0 unspecified atom stereocenters. The van der Waals surface area contributed by atoms with Crippen molar-refractivity contribution in [1.82, 2.24) is 4.90 Å². The van der Waals surface area contributed by atoms with E-state index in [0.29, 0.717) is 12.1 Å². The van der Waals surface area contributed by atoms with Crippen LogP contribution < -0.4 is 0 Å². The van der Waals surface area contributed by atoms with Gasteiger partial charge in [-0.2, -0.15) is 0 Å². The molecule has 0 bridgehead atoms. The van der Waals surface area contributed by atoms with Crippen LogP contribution in [0.2, 0.25) is 0 Å². The Kier molecular flexibility index (Phi) is 6.06. The monoisotopic (exact) mass is 383 g/mol. The van der Waals surface area contributed by atoms with Crippen LogP contribution in [0.3, 0.4) is 0 Å². The van der Waals surface area contributed by atoms with E-state index in [1.807, 2.05) is 24.3 Å². The number of hydrogen-bond acceptors (Lipinski definition) is 4. The average Bonchev–Trinajstić information content (AvgIpc) is 2.69. The minimum absolute atomic E-state index is 0.0774. The standard InChI is InChI=1S/C23H29NO4/c1-16-14-24(12-11-23(16,2)18-9-6-10-19(25)13-18)15-20(22(27)28)21(26)17-7-4-3-5-8-17/h3-10,13,16,20-21,25-26H,11-12,14-15H2,1-2H3,(H,27,28)/t16-,20-,21+,23+/m0/s1. The highest BCUT2D eigenvalue weighted by molar-refractivity contribution is 5.71. The van der Waals surface area contributed by atoms with E-state index in [4.69, 9.17) is 0 Å². The van der Waals surface area contributed by atoms with E-state index in [9.17, 15) is 20.1 Å². The van der Waals surface area contributed by atoms with Crippen LogP contribution in [0.5, 0.6) is 5.75 Å². The lowest BCUT2D eigenvalue weighted by Gasteiger charge is -2.45. The average molecular weight is 383 g/mol. The molecule has 1 aliphatic rings. The highest BCUT2D eigenvalue weighted by atomic mass is 16.4. The number of aliphatic hydroxyl groups excluding tert-OH is 1. The third-order valence-corrected chi connectivity index (χ3v) is 6.37. The van der Waals surface area contributed by atoms with Gasteiger partial charge in [0, 0.05) is 13.1 Å². The molecule has 0 aliphatic carbocycles. The number of hydrogen-bond donors (Lipinski definition) is 3. The van der Waals surface area contributed by atoms with Crippen LogP contribution in [-0.4, -0.2) is 45.8 Å². The van der Waals surface area contributed by atoms with Gasteiger partial charge in [0.15, 0.2) is 0 Å². The van der Waals surface area contributed by atoms with Crippen molar-refractivity contribution in [3.63, 3.8) is 0 Å². The highest BCUT2D eigenvalue weighted by Gasteiger charge is 2.40. The summed E-state index contributed by atoms with van der Waals surface area (Å²) in [5.41, 5.74) is 1.66. The van der Waals surface area contributed by atoms with Crippen LogP contribution in [0.25, 0.3) is 0 Å². The first kappa shape index (κ1) is 20.4. The number of rotatable bonds is 6. The molecule has 1 heterocycles. The van der Waals surface area contributed by atoms with E-state index in [2.05, 4.69) is 18.7 Å². The number of piperidine rings is 1. The molecule has 0 amide bonds. The zero-order valence-electron chi connectivity index (χ0n) is 16.5. The summed E-state index contributed by atoms with van der Waals surface area (Å²) in [6.45, 7) is 6.18. The lowest BCUT2D eigenvalue weighted by Crippen LogP contribution is -2.49. The maximum atomic E-state index is 11.8. The first-order chi connectivity index (χ1) is 13.3. The summed E-state index contributed by atoms with van der Waals surface area (Å²) in [4.78, 5) is 14.0. The van der Waals surface area contributed by atoms with Gasteiger partial charge in [0.2, 0.25) is 0 Å². The molecule has 3 N–H and O–H groups in total. The Morgan fingerprint density at radius 3 is 2.54 bits per heavy atom. The number of carboxylic acid groups (broad SMARTS) is 1. The molecule has 2 aromatic carbocycles. The zero-order chi connectivity index (χ0) is 20.3. The smallest absolute Gasteiger partial charge is 0.310 e. The first-order valence-corrected chi connectivity index (χ1v) is 9.79. The maximum absolute atomic E-state index is 11.8. The minimum Gasteiger partial charge on any atom is -0.508 e. The fourth-order valence-corrected chi connectivity index (χ4v) is 4.25. The summed E-state index contributed by atoms with van der Waals surface area (Å²) in [5.74, 6) is -1.30. The molecule has 1 aliphatic heterocycles. The predicted octanol–water partition coefficient (Wildman–Crippen LogP) is 3.43. The van der Waals surface area contributed by atoms with Crippen LogP contribution in [-0.2, 0) is 10.2 Å². The Labute approximate surface area is 166 Å². The van der Waals surface area contributed by atoms with Crippen LogP contribution in [0.1, 0.15) is 37.5 Å². The van der Waals surface area contributed by atoms with Crippen molar-refractivity contribution in [2.45, 2.75) is 31.8 Å². The lowest BCUT2D eigenvalue weighted by atomic mass is 9.68. The number of benzene rings is 2. The fourth-order valence-electron chi connectivity index (χ4n) is 4.25. The second-order valence-electron chi connectivity index (χ2n) is 8.18. The van der Waals surface area contributed by atoms with Crippen molar-refractivity contribution in [2.75, 3.05) is 19.6 Å². The molecule has 1 saturated heterocycles. The van der Waals surface area contributed by atoms with Crippen molar-refractivity contribution in [3.8, 4) is 5.75 Å². The Bertz CT molecular complexity index is 809. The number of aromatic hydroxyl groups is 1. The quantitative estimate of drug-likeness (QED) is 0.712. The molecule has 2 aromatic rings. The Morgan fingerprint density at radius 1 is 1.21 bits per heavy atom. The van der Waals surface area contributed by atoms with Crippen LogP contribution in [0, 0.1) is 11.8 Å². The summed E-state index contributed by atoms with van der Waals surface area (Å²) in [7, 11) is 0. The molecule has 28 heavy (non-hydrogen) atoms. The number of aliphatic carboxylic acids is 1. The van der Waals surface area contributed by atoms with Crippen LogP contribution in [0.4, 0.5) is 0 Å². The second-order valence-corrected chi connectivity index (χ2v) is 8.18. The van der Waals surface area contributed by atoms with Gasteiger partial charge in [-0.1, -0.05) is 56.3 Å². The van der Waals surface area contributed by atoms with E-state index in [0.717, 1.165) is 25.1 Å². The number of likely N-dealkylation sites (tertiary alicyclic amines) is 1. The van der Waals surface area contributed by atoms with Gasteiger partial charge in [-0.25, -0.2) is 0 Å². The van der Waals surface area contributed by atoms with Crippen molar-refractivity contribution < 1.29 is 20.1 Å². The van der Waals surface area contributed by atoms with Crippen molar-refractivity contribution >= 4 is 5.97 Å². The highest BCUT2D eigenvalue weighted by Crippen LogP contribution is 2.40. The van der Waals surface area contributed by atoms with E-state index < -0.39 is 18.0 Å². The molecular formula is C23H29NO4. The summed E-state index contributed by atoms with van der Waals surface area (Å²) < 4.78 is 0. The van der Waals surface area contributed by atoms with Crippen molar-refractivity contribution in [2.24, 2.45) is 11.8 Å². The van der Waals surface area contributed by atoms with Gasteiger partial charge in [-0.05, 0) is 47.6 Å². The number of phenols is 1. The molecule has 5 heteroatoms. The fraction of sp³-hybridized carbons (Fsp3) is 0.435. The molecule has 0 spiro atoms. The third-order valence-electron chi connectivity index (χ3n) is 6.37. The number of aliphatic hydroxyl groups is 1. The Morgan fingerprint density at radius 2 is 1.93 bits per heavy atom. The van der Waals surface area contributed by atoms with Gasteiger partial charge in [0.05, 0.1) is 12.0 Å². The number of nitrogens with zero attached hydrogens (tertiary/aromatic N) is 1. The van der Waals surface area contributed by atoms with Crippen molar-refractivity contribution in [3.05, 3.63) is 65.7 Å². The topological polar surface area (TPSA) is 81.0 Å². The number of phenolic OH excluding ortho intramolecular Hbond substituents is 1. The first-order valence-electron chi connectivity index (χ1n) is 9.79. The predicted molar refractivity (Wildman–Crippen MR) is 108 cm³/mol. The summed E-state index contributed by atoms with van der Waals surface area (Å²) >= 11 is 0. The SMILES string of the molecule is C[C@H]1CN(C[C@H](C(=O)O)[C@H](O)c2ccccc2)CC[C@@]1(C)c1cccc(O)c1. The van der Waals surface area contributed by atoms with Crippen LogP contribution >= 0.6 is 0 Å².